The van der Waals surface area contributed by atoms with Gasteiger partial charge in [-0.25, -0.2) is 0 Å². The molecule has 1 aromatic carbocycles. The predicted molar refractivity (Wildman–Crippen MR) is 52.5 cm³/mol. The van der Waals surface area contributed by atoms with Gasteiger partial charge in [0.2, 0.25) is 0 Å². The lowest BCUT2D eigenvalue weighted by molar-refractivity contribution is -0.138. The third-order valence-electron chi connectivity index (χ3n) is 1.92. The summed E-state index contributed by atoms with van der Waals surface area (Å²) in [7, 11) is 0. The smallest absolute Gasteiger partial charge is 0.416 e. The maximum Gasteiger partial charge on any atom is 0.416 e. The highest BCUT2D eigenvalue weighted by atomic mass is 35.5. The Morgan fingerprint density at radius 2 is 2.00 bits per heavy atom. The summed E-state index contributed by atoms with van der Waals surface area (Å²) in [5.41, 5.74) is -1.27. The molecule has 0 heterocycles. The summed E-state index contributed by atoms with van der Waals surface area (Å²) in [5, 5.41) is 8.90. The van der Waals surface area contributed by atoms with Crippen molar-refractivity contribution in [1.29, 1.82) is 0 Å². The third-order valence-corrected chi connectivity index (χ3v) is 2.22. The molecule has 0 spiro atoms. The van der Waals surface area contributed by atoms with E-state index in [0.29, 0.717) is 6.07 Å². The van der Waals surface area contributed by atoms with E-state index in [1.165, 1.54) is 6.92 Å². The number of Topliss-reactive ketones (excluding diaryl/α,β-unsaturated/α-hetero) is 1. The second-order valence-corrected chi connectivity index (χ2v) is 3.74. The Hall–Kier alpha value is -1.23. The van der Waals surface area contributed by atoms with E-state index in [9.17, 15) is 18.0 Å². The fraction of sp³-hybridized carbons (Fsp3) is 0.300. The van der Waals surface area contributed by atoms with E-state index in [-0.39, 0.29) is 17.0 Å². The molecule has 0 unspecified atom stereocenters. The van der Waals surface area contributed by atoms with Gasteiger partial charge < -0.3 is 5.11 Å². The zero-order chi connectivity index (χ0) is 12.5. The zero-order valence-electron chi connectivity index (χ0n) is 8.23. The molecule has 16 heavy (non-hydrogen) atoms. The number of phenols is 1. The molecule has 0 aliphatic carbocycles. The number of halogens is 4. The molecule has 0 amide bonds. The summed E-state index contributed by atoms with van der Waals surface area (Å²) < 4.78 is 37.6. The lowest BCUT2D eigenvalue weighted by atomic mass is 10.0. The standard InChI is InChI=1S/C10H8ClF3O2/c1-5(15)2-6-3-8(11)9(16)4-7(6)10(12,13)14/h3-4,16H,2H2,1H3. The highest BCUT2D eigenvalue weighted by Crippen LogP contribution is 2.37. The van der Waals surface area contributed by atoms with Crippen molar-refractivity contribution in [3.05, 3.63) is 28.3 Å². The van der Waals surface area contributed by atoms with Crippen molar-refractivity contribution in [2.75, 3.05) is 0 Å². The van der Waals surface area contributed by atoms with Crippen molar-refractivity contribution in [3.63, 3.8) is 0 Å². The van der Waals surface area contributed by atoms with Crippen LogP contribution in [0.3, 0.4) is 0 Å². The predicted octanol–water partition coefficient (Wildman–Crippen LogP) is 3.20. The zero-order valence-corrected chi connectivity index (χ0v) is 8.99. The van der Waals surface area contributed by atoms with Crippen LogP contribution in [0.25, 0.3) is 0 Å². The van der Waals surface area contributed by atoms with Gasteiger partial charge in [-0.1, -0.05) is 11.6 Å². The van der Waals surface area contributed by atoms with Crippen LogP contribution < -0.4 is 0 Å². The van der Waals surface area contributed by atoms with Crippen LogP contribution in [0.4, 0.5) is 13.2 Å². The van der Waals surface area contributed by atoms with Crippen molar-refractivity contribution >= 4 is 17.4 Å². The quantitative estimate of drug-likeness (QED) is 0.878. The van der Waals surface area contributed by atoms with Gasteiger partial charge in [0.1, 0.15) is 11.5 Å². The molecule has 88 valence electrons. The van der Waals surface area contributed by atoms with E-state index in [1.54, 1.807) is 0 Å². The van der Waals surface area contributed by atoms with Crippen molar-refractivity contribution in [1.82, 2.24) is 0 Å². The Bertz CT molecular complexity index is 427. The second kappa shape index (κ2) is 4.33. The van der Waals surface area contributed by atoms with E-state index in [4.69, 9.17) is 16.7 Å². The third kappa shape index (κ3) is 2.88. The Labute approximate surface area is 94.6 Å². The van der Waals surface area contributed by atoms with Gasteiger partial charge in [-0.15, -0.1) is 0 Å². The number of hydrogen-bond acceptors (Lipinski definition) is 2. The van der Waals surface area contributed by atoms with Crippen LogP contribution in [0, 0.1) is 0 Å². The molecular formula is C10H8ClF3O2. The van der Waals surface area contributed by atoms with Gasteiger partial charge >= 0.3 is 6.18 Å². The van der Waals surface area contributed by atoms with E-state index in [0.717, 1.165) is 6.07 Å². The summed E-state index contributed by atoms with van der Waals surface area (Å²) in [6.07, 6.45) is -4.98. The largest absolute Gasteiger partial charge is 0.506 e. The van der Waals surface area contributed by atoms with E-state index in [2.05, 4.69) is 0 Å². The summed E-state index contributed by atoms with van der Waals surface area (Å²) in [4.78, 5) is 10.8. The fourth-order valence-electron chi connectivity index (χ4n) is 1.28. The molecule has 0 saturated carbocycles. The van der Waals surface area contributed by atoms with E-state index in [1.807, 2.05) is 0 Å². The number of alkyl halides is 3. The van der Waals surface area contributed by atoms with Gasteiger partial charge in [0.05, 0.1) is 10.6 Å². The Morgan fingerprint density at radius 1 is 1.44 bits per heavy atom. The summed E-state index contributed by atoms with van der Waals surface area (Å²) in [6, 6.07) is 1.49. The molecular weight excluding hydrogens is 245 g/mol. The molecule has 0 aromatic heterocycles. The molecule has 0 bridgehead atoms. The average molecular weight is 253 g/mol. The van der Waals surface area contributed by atoms with Crippen LogP contribution >= 0.6 is 11.6 Å². The minimum atomic E-state index is -4.62. The Balaban J connectivity index is 3.33. The molecule has 1 rings (SSSR count). The first kappa shape index (κ1) is 12.8. The van der Waals surface area contributed by atoms with E-state index < -0.39 is 23.3 Å². The number of carbonyl (C=O) groups excluding carboxylic acids is 1. The Kier molecular flexibility index (Phi) is 3.48. The van der Waals surface area contributed by atoms with Crippen molar-refractivity contribution in [2.24, 2.45) is 0 Å². The van der Waals surface area contributed by atoms with Gasteiger partial charge in [0.25, 0.3) is 0 Å². The molecule has 1 aromatic rings. The lowest BCUT2D eigenvalue weighted by Crippen LogP contribution is -2.11. The minimum Gasteiger partial charge on any atom is -0.506 e. The molecule has 0 radical (unpaired) electrons. The number of benzene rings is 1. The number of hydrogen-bond donors (Lipinski definition) is 1. The van der Waals surface area contributed by atoms with Crippen molar-refractivity contribution in [3.8, 4) is 5.75 Å². The molecule has 1 N–H and O–H groups in total. The van der Waals surface area contributed by atoms with Crippen molar-refractivity contribution in [2.45, 2.75) is 19.5 Å². The fourth-order valence-corrected chi connectivity index (χ4v) is 1.47. The molecule has 2 nitrogen and oxygen atoms in total. The van der Waals surface area contributed by atoms with Crippen LogP contribution in [0.5, 0.6) is 5.75 Å². The van der Waals surface area contributed by atoms with Gasteiger partial charge in [-0.2, -0.15) is 13.2 Å². The minimum absolute atomic E-state index is 0.204. The van der Waals surface area contributed by atoms with Gasteiger partial charge in [-0.05, 0) is 24.6 Å². The van der Waals surface area contributed by atoms with Gasteiger partial charge in [0, 0.05) is 6.42 Å². The highest BCUT2D eigenvalue weighted by Gasteiger charge is 2.34. The first-order chi connectivity index (χ1) is 7.21. The second-order valence-electron chi connectivity index (χ2n) is 3.34. The molecule has 0 atom stereocenters. The molecule has 0 aliphatic rings. The normalized spacial score (nSPS) is 11.6. The SMILES string of the molecule is CC(=O)Cc1cc(Cl)c(O)cc1C(F)(F)F. The number of ketones is 1. The number of rotatable bonds is 2. The summed E-state index contributed by atoms with van der Waals surface area (Å²) in [5.74, 6) is -1.06. The Morgan fingerprint density at radius 3 is 2.44 bits per heavy atom. The molecule has 0 aliphatic heterocycles. The van der Waals surface area contributed by atoms with Crippen molar-refractivity contribution < 1.29 is 23.1 Å². The van der Waals surface area contributed by atoms with Gasteiger partial charge in [-0.3, -0.25) is 4.79 Å². The van der Waals surface area contributed by atoms with Crippen LogP contribution in [0.1, 0.15) is 18.1 Å². The highest BCUT2D eigenvalue weighted by molar-refractivity contribution is 6.32. The van der Waals surface area contributed by atoms with Crippen LogP contribution in [0.15, 0.2) is 12.1 Å². The van der Waals surface area contributed by atoms with E-state index >= 15 is 0 Å². The average Bonchev–Trinajstić information content (AvgIpc) is 2.08. The number of aromatic hydroxyl groups is 1. The van der Waals surface area contributed by atoms with Crippen LogP contribution in [0.2, 0.25) is 5.02 Å². The van der Waals surface area contributed by atoms with Crippen LogP contribution in [-0.2, 0) is 17.4 Å². The number of phenolic OH excluding ortho intramolecular Hbond substituents is 1. The molecule has 0 fully saturated rings. The summed E-state index contributed by atoms with van der Waals surface area (Å²) >= 11 is 5.49. The first-order valence-electron chi connectivity index (χ1n) is 4.30. The maximum absolute atomic E-state index is 12.5. The maximum atomic E-state index is 12.5. The summed E-state index contributed by atoms with van der Waals surface area (Å²) in [6.45, 7) is 1.18. The van der Waals surface area contributed by atoms with Crippen LogP contribution in [-0.4, -0.2) is 10.9 Å². The monoisotopic (exact) mass is 252 g/mol. The molecule has 0 saturated heterocycles. The first-order valence-corrected chi connectivity index (χ1v) is 4.67. The lowest BCUT2D eigenvalue weighted by Gasteiger charge is -2.13. The van der Waals surface area contributed by atoms with Gasteiger partial charge in [0.15, 0.2) is 0 Å². The topological polar surface area (TPSA) is 37.3 Å². The number of carbonyl (C=O) groups is 1. The molecule has 6 heteroatoms.